The molecule has 0 fully saturated rings. The van der Waals surface area contributed by atoms with Crippen LogP contribution in [0.4, 0.5) is 0 Å². The molecule has 0 unspecified atom stereocenters. The SMILES string of the molecule is c1ccc2oc(-c3ccc(-c4ccc5c(c4)c4ccccc4n5-c4ccc(-c5ccc(-c6ccc(-n7c8ccccc8c8cc(-c9ccc(-c%10nc%11ccccc%11o%10)cc9)ccc87)cc6)cc5)cc4)cc3)nc2c1. The molecule has 4 aromatic heterocycles. The van der Waals surface area contributed by atoms with Gasteiger partial charge < -0.3 is 18.0 Å². The molecule has 15 aromatic rings. The minimum Gasteiger partial charge on any atom is -0.436 e. The largest absolute Gasteiger partial charge is 0.436 e. The Morgan fingerprint density at radius 2 is 0.541 bits per heavy atom. The second-order valence-corrected chi connectivity index (χ2v) is 19.0. The number of rotatable bonds is 8. The summed E-state index contributed by atoms with van der Waals surface area (Å²) in [6.45, 7) is 0. The van der Waals surface area contributed by atoms with Crippen molar-refractivity contribution >= 4 is 65.8 Å². The molecule has 0 radical (unpaired) electrons. The molecule has 0 N–H and O–H groups in total. The molecule has 0 spiro atoms. The van der Waals surface area contributed by atoms with Crippen LogP contribution in [0.15, 0.2) is 264 Å². The normalized spacial score (nSPS) is 11.8. The fourth-order valence-corrected chi connectivity index (χ4v) is 10.9. The molecule has 0 saturated carbocycles. The number of oxazole rings is 2. The number of fused-ring (bicyclic) bond motifs is 8. The second-order valence-electron chi connectivity index (χ2n) is 19.0. The van der Waals surface area contributed by atoms with E-state index in [1.54, 1.807) is 0 Å². The van der Waals surface area contributed by atoms with Crippen LogP contribution in [-0.4, -0.2) is 19.1 Å². The van der Waals surface area contributed by atoms with Gasteiger partial charge in [0.15, 0.2) is 11.2 Å². The summed E-state index contributed by atoms with van der Waals surface area (Å²) in [6.07, 6.45) is 0. The molecule has 0 aliphatic rings. The summed E-state index contributed by atoms with van der Waals surface area (Å²) < 4.78 is 16.8. The van der Waals surface area contributed by atoms with Gasteiger partial charge in [0, 0.05) is 44.0 Å². The Hall–Kier alpha value is -10.0. The van der Waals surface area contributed by atoms with Crippen LogP contribution in [0.3, 0.4) is 0 Å². The number of aromatic nitrogens is 4. The molecule has 11 aromatic carbocycles. The fourth-order valence-electron chi connectivity index (χ4n) is 10.9. The van der Waals surface area contributed by atoms with Gasteiger partial charge in [0.25, 0.3) is 0 Å². The first kappa shape index (κ1) is 41.7. The monoisotopic (exact) mass is 946 g/mol. The molecule has 6 heteroatoms. The maximum Gasteiger partial charge on any atom is 0.227 e. The van der Waals surface area contributed by atoms with Crippen molar-refractivity contribution in [2.24, 2.45) is 0 Å². The van der Waals surface area contributed by atoms with Gasteiger partial charge in [0.05, 0.1) is 22.1 Å². The van der Waals surface area contributed by atoms with Gasteiger partial charge in [0.1, 0.15) is 11.0 Å². The van der Waals surface area contributed by atoms with E-state index < -0.39 is 0 Å². The van der Waals surface area contributed by atoms with Crippen LogP contribution in [0, 0.1) is 0 Å². The first-order valence-corrected chi connectivity index (χ1v) is 24.9. The molecule has 6 nitrogen and oxygen atoms in total. The van der Waals surface area contributed by atoms with Crippen LogP contribution < -0.4 is 0 Å². The first-order valence-electron chi connectivity index (χ1n) is 24.9. The summed E-state index contributed by atoms with van der Waals surface area (Å²) in [5, 5.41) is 4.88. The molecular weight excluding hydrogens is 905 g/mol. The average Bonchev–Trinajstić information content (AvgIpc) is 4.27. The highest BCUT2D eigenvalue weighted by Gasteiger charge is 2.17. The third-order valence-electron chi connectivity index (χ3n) is 14.7. The maximum absolute atomic E-state index is 6.04. The molecule has 4 heterocycles. The minimum atomic E-state index is 0.631. The average molecular weight is 947 g/mol. The fraction of sp³-hybridized carbons (Fsp3) is 0. The van der Waals surface area contributed by atoms with Gasteiger partial charge in [-0.2, -0.15) is 0 Å². The molecule has 346 valence electrons. The number of para-hydroxylation sites is 6. The number of hydrogen-bond donors (Lipinski definition) is 0. The van der Waals surface area contributed by atoms with Crippen molar-refractivity contribution in [1.82, 2.24) is 19.1 Å². The van der Waals surface area contributed by atoms with Crippen LogP contribution >= 0.6 is 0 Å². The highest BCUT2D eigenvalue weighted by atomic mass is 16.4. The molecule has 0 saturated heterocycles. The second kappa shape index (κ2) is 16.8. The van der Waals surface area contributed by atoms with Crippen LogP contribution in [0.25, 0.3) is 145 Å². The number of hydrogen-bond acceptors (Lipinski definition) is 4. The van der Waals surface area contributed by atoms with Crippen molar-refractivity contribution in [3.8, 4) is 78.8 Å². The zero-order valence-corrected chi connectivity index (χ0v) is 39.9. The van der Waals surface area contributed by atoms with Crippen LogP contribution in [-0.2, 0) is 0 Å². The lowest BCUT2D eigenvalue weighted by atomic mass is 10.00. The summed E-state index contributed by atoms with van der Waals surface area (Å²) in [5.41, 5.74) is 21.5. The van der Waals surface area contributed by atoms with E-state index >= 15 is 0 Å². The Morgan fingerprint density at radius 3 is 0.932 bits per heavy atom. The Bertz CT molecular complexity index is 4250. The zero-order valence-electron chi connectivity index (χ0n) is 39.9. The summed E-state index contributed by atoms with van der Waals surface area (Å²) in [4.78, 5) is 9.39. The van der Waals surface area contributed by atoms with Crippen LogP contribution in [0.5, 0.6) is 0 Å². The van der Waals surface area contributed by atoms with Gasteiger partial charge in [-0.15, -0.1) is 0 Å². The molecule has 0 aliphatic heterocycles. The van der Waals surface area contributed by atoms with E-state index in [9.17, 15) is 0 Å². The van der Waals surface area contributed by atoms with Crippen molar-refractivity contribution in [3.63, 3.8) is 0 Å². The van der Waals surface area contributed by atoms with E-state index in [-0.39, 0.29) is 0 Å². The Labute approximate surface area is 425 Å². The molecule has 15 rings (SSSR count). The molecule has 0 aliphatic carbocycles. The van der Waals surface area contributed by atoms with Gasteiger partial charge >= 0.3 is 0 Å². The molecule has 0 bridgehead atoms. The summed E-state index contributed by atoms with van der Waals surface area (Å²) in [7, 11) is 0. The first-order chi connectivity index (χ1) is 36.6. The Balaban J connectivity index is 0.677. The highest BCUT2D eigenvalue weighted by Crippen LogP contribution is 2.39. The van der Waals surface area contributed by atoms with Crippen molar-refractivity contribution in [2.75, 3.05) is 0 Å². The van der Waals surface area contributed by atoms with Crippen molar-refractivity contribution < 1.29 is 8.83 Å². The van der Waals surface area contributed by atoms with E-state index in [0.29, 0.717) is 11.8 Å². The number of benzene rings is 11. The van der Waals surface area contributed by atoms with Gasteiger partial charge in [0.2, 0.25) is 11.8 Å². The quantitative estimate of drug-likeness (QED) is 0.152. The third kappa shape index (κ3) is 6.95. The molecule has 0 atom stereocenters. The zero-order chi connectivity index (χ0) is 48.7. The van der Waals surface area contributed by atoms with Crippen molar-refractivity contribution in [2.45, 2.75) is 0 Å². The Morgan fingerprint density at radius 1 is 0.243 bits per heavy atom. The summed E-state index contributed by atoms with van der Waals surface area (Å²) >= 11 is 0. The maximum atomic E-state index is 6.04. The highest BCUT2D eigenvalue weighted by molar-refractivity contribution is 6.11. The van der Waals surface area contributed by atoms with Gasteiger partial charge in [-0.3, -0.25) is 0 Å². The van der Waals surface area contributed by atoms with Gasteiger partial charge in [-0.25, -0.2) is 9.97 Å². The van der Waals surface area contributed by atoms with Crippen LogP contribution in [0.1, 0.15) is 0 Å². The molecular formula is C68H42N4O2. The van der Waals surface area contributed by atoms with Crippen molar-refractivity contribution in [3.05, 3.63) is 255 Å². The molecule has 74 heavy (non-hydrogen) atoms. The lowest BCUT2D eigenvalue weighted by molar-refractivity contribution is 0.619. The van der Waals surface area contributed by atoms with E-state index in [2.05, 4.69) is 215 Å². The third-order valence-corrected chi connectivity index (χ3v) is 14.7. The van der Waals surface area contributed by atoms with Crippen molar-refractivity contribution in [1.29, 1.82) is 0 Å². The van der Waals surface area contributed by atoms with E-state index in [1.165, 1.54) is 65.9 Å². The van der Waals surface area contributed by atoms with E-state index in [4.69, 9.17) is 18.8 Å². The smallest absolute Gasteiger partial charge is 0.227 e. The van der Waals surface area contributed by atoms with Gasteiger partial charge in [-0.05, 0) is 154 Å². The van der Waals surface area contributed by atoms with Gasteiger partial charge in [-0.1, -0.05) is 146 Å². The summed E-state index contributed by atoms with van der Waals surface area (Å²) in [5.74, 6) is 1.26. The molecule has 0 amide bonds. The van der Waals surface area contributed by atoms with E-state index in [0.717, 1.165) is 67.0 Å². The lowest BCUT2D eigenvalue weighted by Gasteiger charge is -2.11. The standard InChI is InChI=1S/C68H42N4O2/c1-5-13-61-55(9-1)57-41-51(47-21-25-49(26-22-47)67-69-59-11-3-7-15-65(59)73-67)33-39-63(57)71(61)53-35-29-45(30-36-53)43-17-19-44(20-18-43)46-31-37-54(38-32-46)72-62-14-6-2-10-56(62)58-42-52(34-40-64(58)72)48-23-27-50(28-24-48)68-70-60-12-4-8-16-66(60)74-68/h1-42H. The topological polar surface area (TPSA) is 61.9 Å². The minimum absolute atomic E-state index is 0.631. The lowest BCUT2D eigenvalue weighted by Crippen LogP contribution is -1.94. The van der Waals surface area contributed by atoms with Crippen LogP contribution in [0.2, 0.25) is 0 Å². The summed E-state index contributed by atoms with van der Waals surface area (Å²) in [6, 6.07) is 90.5. The Kier molecular flexibility index (Phi) is 9.47. The predicted molar refractivity (Wildman–Crippen MR) is 303 cm³/mol. The predicted octanol–water partition coefficient (Wildman–Crippen LogP) is 18.2. The number of nitrogens with zero attached hydrogens (tertiary/aromatic N) is 4. The van der Waals surface area contributed by atoms with E-state index in [1.807, 2.05) is 48.5 Å².